The molecule has 6 nitrogen and oxygen atoms in total. The second-order valence-electron chi connectivity index (χ2n) is 6.69. The third-order valence-electron chi connectivity index (χ3n) is 4.81. The third-order valence-corrected chi connectivity index (χ3v) is 5.62. The van der Waals surface area contributed by atoms with E-state index in [1.54, 1.807) is 36.4 Å². The van der Waals surface area contributed by atoms with E-state index >= 15 is 0 Å². The van der Waals surface area contributed by atoms with Gasteiger partial charge in [0.2, 0.25) is 0 Å². The van der Waals surface area contributed by atoms with Gasteiger partial charge in [-0.25, -0.2) is 0 Å². The van der Waals surface area contributed by atoms with Gasteiger partial charge in [-0.3, -0.25) is 0 Å². The standard InChI is InChI=1S/C20H20Cl2O6/c21-19(13-7-3-1-4-8-13)25-12-16(26-19)18-17(15(24)11-23)27-20(22,28-18)14-9-5-2-6-10-14/h1-10,15-18,23-24H,11-12H2/t15-,16+,17-,18-,19?,20?/m0/s1. The molecule has 2 saturated heterocycles. The maximum atomic E-state index is 10.3. The number of halogens is 2. The van der Waals surface area contributed by atoms with E-state index in [0.29, 0.717) is 11.1 Å². The average Bonchev–Trinajstić information content (AvgIpc) is 3.31. The van der Waals surface area contributed by atoms with E-state index in [0.717, 1.165) is 0 Å². The summed E-state index contributed by atoms with van der Waals surface area (Å²) in [4.78, 5) is 0. The highest BCUT2D eigenvalue weighted by Crippen LogP contribution is 2.47. The summed E-state index contributed by atoms with van der Waals surface area (Å²) >= 11 is 13.1. The Hall–Kier alpha value is -1.22. The Labute approximate surface area is 172 Å². The number of rotatable bonds is 5. The van der Waals surface area contributed by atoms with Crippen LogP contribution in [0.5, 0.6) is 0 Å². The lowest BCUT2D eigenvalue weighted by Crippen LogP contribution is -2.45. The van der Waals surface area contributed by atoms with Gasteiger partial charge >= 0.3 is 0 Å². The van der Waals surface area contributed by atoms with Crippen LogP contribution in [-0.2, 0) is 29.4 Å². The Morgan fingerprint density at radius 1 is 0.893 bits per heavy atom. The molecule has 0 bridgehead atoms. The first-order valence-corrected chi connectivity index (χ1v) is 9.66. The zero-order chi connectivity index (χ0) is 19.8. The molecule has 4 rings (SSSR count). The molecular formula is C20H20Cl2O6. The molecule has 2 aliphatic heterocycles. The van der Waals surface area contributed by atoms with Crippen molar-refractivity contribution in [3.63, 3.8) is 0 Å². The van der Waals surface area contributed by atoms with Gasteiger partial charge in [-0.1, -0.05) is 83.9 Å². The summed E-state index contributed by atoms with van der Waals surface area (Å²) in [5, 5.41) is 16.6. The number of benzene rings is 2. The highest BCUT2D eigenvalue weighted by atomic mass is 35.5. The topological polar surface area (TPSA) is 77.4 Å². The van der Waals surface area contributed by atoms with Gasteiger partial charge in [0.05, 0.1) is 13.2 Å². The molecule has 0 aliphatic carbocycles. The summed E-state index contributed by atoms with van der Waals surface area (Å²) in [6.45, 7) is -0.423. The number of aliphatic hydroxyl groups is 2. The Bertz CT molecular complexity index is 794. The van der Waals surface area contributed by atoms with Crippen LogP contribution in [-0.4, -0.2) is 47.8 Å². The fraction of sp³-hybridized carbons (Fsp3) is 0.400. The van der Waals surface area contributed by atoms with Crippen molar-refractivity contribution in [3.8, 4) is 0 Å². The number of hydrogen-bond acceptors (Lipinski definition) is 6. The monoisotopic (exact) mass is 426 g/mol. The van der Waals surface area contributed by atoms with Gasteiger partial charge in [0.25, 0.3) is 10.5 Å². The number of aliphatic hydroxyl groups excluding tert-OH is 2. The van der Waals surface area contributed by atoms with Crippen LogP contribution in [0.3, 0.4) is 0 Å². The predicted octanol–water partition coefficient (Wildman–Crippen LogP) is 2.64. The van der Waals surface area contributed by atoms with E-state index in [4.69, 9.17) is 42.1 Å². The van der Waals surface area contributed by atoms with Crippen molar-refractivity contribution in [1.29, 1.82) is 0 Å². The van der Waals surface area contributed by atoms with Crippen LogP contribution >= 0.6 is 23.2 Å². The molecule has 28 heavy (non-hydrogen) atoms. The molecule has 2 fully saturated rings. The summed E-state index contributed by atoms with van der Waals surface area (Å²) in [5.74, 6) is 0. The van der Waals surface area contributed by atoms with Gasteiger partial charge in [-0.05, 0) is 0 Å². The molecule has 150 valence electrons. The quantitative estimate of drug-likeness (QED) is 0.715. The molecule has 2 N–H and O–H groups in total. The largest absolute Gasteiger partial charge is 0.394 e. The van der Waals surface area contributed by atoms with Crippen molar-refractivity contribution in [2.24, 2.45) is 0 Å². The lowest BCUT2D eigenvalue weighted by atomic mass is 10.0. The van der Waals surface area contributed by atoms with Crippen molar-refractivity contribution in [2.75, 3.05) is 13.2 Å². The Kier molecular flexibility index (Phi) is 5.66. The molecule has 2 aromatic rings. The van der Waals surface area contributed by atoms with Crippen LogP contribution in [0.15, 0.2) is 60.7 Å². The van der Waals surface area contributed by atoms with Crippen molar-refractivity contribution in [2.45, 2.75) is 34.9 Å². The van der Waals surface area contributed by atoms with Crippen molar-refractivity contribution in [1.82, 2.24) is 0 Å². The first-order chi connectivity index (χ1) is 13.5. The van der Waals surface area contributed by atoms with E-state index in [1.165, 1.54) is 0 Å². The molecular weight excluding hydrogens is 407 g/mol. The molecule has 2 unspecified atom stereocenters. The molecule has 0 saturated carbocycles. The SMILES string of the molecule is OC[C@H](O)[C@@H]1OC(Cl)(c2ccccc2)O[C@H]1[C@H]1COC(Cl)(c2ccccc2)O1. The maximum Gasteiger partial charge on any atom is 0.277 e. The van der Waals surface area contributed by atoms with Crippen LogP contribution < -0.4 is 0 Å². The first kappa shape index (κ1) is 20.1. The minimum Gasteiger partial charge on any atom is -0.394 e. The van der Waals surface area contributed by atoms with Crippen LogP contribution in [0.25, 0.3) is 0 Å². The maximum absolute atomic E-state index is 10.3. The van der Waals surface area contributed by atoms with Crippen LogP contribution in [0.4, 0.5) is 0 Å². The average molecular weight is 427 g/mol. The van der Waals surface area contributed by atoms with Crippen molar-refractivity contribution in [3.05, 3.63) is 71.8 Å². The van der Waals surface area contributed by atoms with Gasteiger partial charge in [-0.15, -0.1) is 0 Å². The van der Waals surface area contributed by atoms with Crippen LogP contribution in [0.1, 0.15) is 11.1 Å². The summed E-state index contributed by atoms with van der Waals surface area (Å²) in [7, 11) is 0. The number of ether oxygens (including phenoxy) is 4. The fourth-order valence-corrected chi connectivity index (χ4v) is 4.01. The highest BCUT2D eigenvalue weighted by molar-refractivity contribution is 6.22. The van der Waals surface area contributed by atoms with Crippen LogP contribution in [0, 0.1) is 0 Å². The lowest BCUT2D eigenvalue weighted by Gasteiger charge is -2.26. The lowest BCUT2D eigenvalue weighted by molar-refractivity contribution is -0.146. The van der Waals surface area contributed by atoms with E-state index in [-0.39, 0.29) is 6.61 Å². The van der Waals surface area contributed by atoms with Crippen molar-refractivity contribution >= 4 is 23.2 Å². The van der Waals surface area contributed by atoms with Gasteiger partial charge in [-0.2, -0.15) is 0 Å². The van der Waals surface area contributed by atoms with Gasteiger partial charge < -0.3 is 29.2 Å². The summed E-state index contributed by atoms with van der Waals surface area (Å²) < 4.78 is 23.5. The molecule has 0 aromatic heterocycles. The third kappa shape index (κ3) is 3.67. The normalized spacial score (nSPS) is 36.5. The fourth-order valence-electron chi connectivity index (χ4n) is 3.38. The first-order valence-electron chi connectivity index (χ1n) is 8.90. The van der Waals surface area contributed by atoms with Crippen molar-refractivity contribution < 1.29 is 29.2 Å². The van der Waals surface area contributed by atoms with E-state index in [9.17, 15) is 10.2 Å². The van der Waals surface area contributed by atoms with Gasteiger partial charge in [0.1, 0.15) is 24.4 Å². The second-order valence-corrected chi connectivity index (χ2v) is 7.68. The number of alkyl halides is 2. The minimum absolute atomic E-state index is 0.100. The highest BCUT2D eigenvalue weighted by Gasteiger charge is 2.57. The Morgan fingerprint density at radius 3 is 2.04 bits per heavy atom. The molecule has 2 heterocycles. The molecule has 2 aliphatic rings. The molecule has 2 aromatic carbocycles. The second kappa shape index (κ2) is 7.89. The van der Waals surface area contributed by atoms with E-state index in [1.807, 2.05) is 24.3 Å². The van der Waals surface area contributed by atoms with E-state index < -0.39 is 41.5 Å². The zero-order valence-corrected chi connectivity index (χ0v) is 16.3. The number of hydrogen-bond donors (Lipinski definition) is 2. The molecule has 6 atom stereocenters. The van der Waals surface area contributed by atoms with E-state index in [2.05, 4.69) is 0 Å². The van der Waals surface area contributed by atoms with Crippen LogP contribution in [0.2, 0.25) is 0 Å². The Balaban J connectivity index is 1.59. The predicted molar refractivity (Wildman–Crippen MR) is 102 cm³/mol. The minimum atomic E-state index is -1.62. The molecule has 0 amide bonds. The smallest absolute Gasteiger partial charge is 0.277 e. The molecule has 0 spiro atoms. The van der Waals surface area contributed by atoms with Gasteiger partial charge in [0, 0.05) is 11.1 Å². The molecule has 8 heteroatoms. The summed E-state index contributed by atoms with van der Waals surface area (Å²) in [5.41, 5.74) is 1.20. The zero-order valence-electron chi connectivity index (χ0n) is 14.8. The summed E-state index contributed by atoms with van der Waals surface area (Å²) in [6.07, 6.45) is -3.65. The Morgan fingerprint density at radius 2 is 1.46 bits per heavy atom. The summed E-state index contributed by atoms with van der Waals surface area (Å²) in [6, 6.07) is 18.0. The molecule has 0 radical (unpaired) electrons. The van der Waals surface area contributed by atoms with Gasteiger partial charge in [0.15, 0.2) is 0 Å².